The summed E-state index contributed by atoms with van der Waals surface area (Å²) >= 11 is 0. The molecular formula is C47H81NO13. The lowest BCUT2D eigenvalue weighted by molar-refractivity contribution is -0.359. The van der Waals surface area contributed by atoms with Gasteiger partial charge < -0.3 is 65.1 Å². The highest BCUT2D eigenvalue weighted by Gasteiger charge is 2.51. The van der Waals surface area contributed by atoms with Crippen molar-refractivity contribution in [3.05, 3.63) is 60.8 Å². The molecule has 2 saturated heterocycles. The molecule has 2 aliphatic heterocycles. The topological polar surface area (TPSA) is 228 Å². The molecule has 61 heavy (non-hydrogen) atoms. The van der Waals surface area contributed by atoms with Crippen LogP contribution < -0.4 is 5.32 Å². The smallest absolute Gasteiger partial charge is 0.220 e. The molecule has 9 N–H and O–H groups in total. The molecule has 2 heterocycles. The number of rotatable bonds is 33. The first-order chi connectivity index (χ1) is 29.6. The van der Waals surface area contributed by atoms with Crippen molar-refractivity contribution in [3.63, 3.8) is 0 Å². The second-order valence-electron chi connectivity index (χ2n) is 16.2. The van der Waals surface area contributed by atoms with Gasteiger partial charge in [0, 0.05) is 6.42 Å². The molecule has 1 amide bonds. The van der Waals surface area contributed by atoms with Gasteiger partial charge in [-0.25, -0.2) is 0 Å². The first-order valence-electron chi connectivity index (χ1n) is 23.0. The normalized spacial score (nSPS) is 28.6. The Bertz CT molecular complexity index is 1260. The average Bonchev–Trinajstić information content (AvgIpc) is 3.26. The Hall–Kier alpha value is -2.31. The molecule has 0 aliphatic carbocycles. The van der Waals surface area contributed by atoms with E-state index in [9.17, 15) is 45.6 Å². The zero-order chi connectivity index (χ0) is 44.7. The number of ether oxygens (including phenoxy) is 4. The van der Waals surface area contributed by atoms with Crippen molar-refractivity contribution in [1.82, 2.24) is 5.32 Å². The summed E-state index contributed by atoms with van der Waals surface area (Å²) in [6.07, 6.45) is 22.7. The van der Waals surface area contributed by atoms with Gasteiger partial charge in [0.1, 0.15) is 48.8 Å². The zero-order valence-electron chi connectivity index (χ0n) is 36.9. The monoisotopic (exact) mass is 868 g/mol. The molecule has 12 unspecified atom stereocenters. The van der Waals surface area contributed by atoms with Gasteiger partial charge in [-0.15, -0.1) is 0 Å². The quantitative estimate of drug-likeness (QED) is 0.0322. The van der Waals surface area contributed by atoms with Crippen LogP contribution in [0.15, 0.2) is 60.8 Å². The Morgan fingerprint density at radius 2 is 1.13 bits per heavy atom. The number of amides is 1. The fraction of sp³-hybridized carbons (Fsp3) is 0.766. The van der Waals surface area contributed by atoms with Crippen molar-refractivity contribution in [2.45, 2.75) is 209 Å². The van der Waals surface area contributed by atoms with Crippen LogP contribution in [0.4, 0.5) is 0 Å². The predicted octanol–water partition coefficient (Wildman–Crippen LogP) is 4.71. The van der Waals surface area contributed by atoms with Crippen LogP contribution in [0, 0.1) is 0 Å². The minimum atomic E-state index is -1.78. The lowest BCUT2D eigenvalue weighted by atomic mass is 9.97. The summed E-state index contributed by atoms with van der Waals surface area (Å²) in [7, 11) is 0. The summed E-state index contributed by atoms with van der Waals surface area (Å²) in [5, 5.41) is 86.3. The summed E-state index contributed by atoms with van der Waals surface area (Å²) in [4.78, 5) is 13.1. The first-order valence-corrected chi connectivity index (χ1v) is 23.0. The number of aliphatic hydroxyl groups is 8. The van der Waals surface area contributed by atoms with Crippen molar-refractivity contribution in [1.29, 1.82) is 0 Å². The molecule has 0 spiro atoms. The number of unbranched alkanes of at least 4 members (excludes halogenated alkanes) is 10. The fourth-order valence-corrected chi connectivity index (χ4v) is 7.20. The van der Waals surface area contributed by atoms with Crippen LogP contribution in [0.25, 0.3) is 0 Å². The molecule has 0 aromatic rings. The summed E-state index contributed by atoms with van der Waals surface area (Å²) in [5.74, 6) is -0.235. The minimum absolute atomic E-state index is 0.235. The summed E-state index contributed by atoms with van der Waals surface area (Å²) in [6.45, 7) is 2.61. The van der Waals surface area contributed by atoms with Crippen LogP contribution in [0.5, 0.6) is 0 Å². The number of allylic oxidation sites excluding steroid dienone is 10. The standard InChI is InChI=1S/C47H81NO13/c1-3-5-7-9-11-12-13-14-15-16-17-18-19-20-21-22-23-24-25-27-29-31-39(52)48-35(36(51)30-28-26-10-8-6-4-2)34-58-46-44(57)42(55)45(38(33-50)60-46)61-47-43(56)41(54)40(53)37(32-49)59-47/h5,7,11-12,14-15,17-18,20-21,35-38,40-47,49-51,53-57H,3-4,6,8-10,13,16,19,22-34H2,1-2H3,(H,48,52)/b7-5-,12-11-,15-14-,18-17-,21-20-. The Kier molecular flexibility index (Phi) is 30.7. The average molecular weight is 868 g/mol. The second kappa shape index (κ2) is 34.1. The Morgan fingerprint density at radius 3 is 1.74 bits per heavy atom. The molecule has 0 aromatic heterocycles. The molecule has 12 atom stereocenters. The molecule has 0 saturated carbocycles. The van der Waals surface area contributed by atoms with Crippen LogP contribution in [0.1, 0.15) is 136 Å². The molecule has 0 aromatic carbocycles. The Balaban J connectivity index is 1.78. The summed E-state index contributed by atoms with van der Waals surface area (Å²) in [5.41, 5.74) is 0. The zero-order valence-corrected chi connectivity index (χ0v) is 36.9. The van der Waals surface area contributed by atoms with Crippen LogP contribution in [-0.4, -0.2) is 140 Å². The number of hydrogen-bond acceptors (Lipinski definition) is 13. The van der Waals surface area contributed by atoms with Crippen LogP contribution in [0.2, 0.25) is 0 Å². The highest BCUT2D eigenvalue weighted by molar-refractivity contribution is 5.76. The van der Waals surface area contributed by atoms with Gasteiger partial charge in [0.25, 0.3) is 0 Å². The Morgan fingerprint density at radius 1 is 0.607 bits per heavy atom. The van der Waals surface area contributed by atoms with Gasteiger partial charge in [-0.2, -0.15) is 0 Å². The molecule has 2 aliphatic rings. The largest absolute Gasteiger partial charge is 0.394 e. The predicted molar refractivity (Wildman–Crippen MR) is 235 cm³/mol. The van der Waals surface area contributed by atoms with E-state index in [-0.39, 0.29) is 18.9 Å². The van der Waals surface area contributed by atoms with Gasteiger partial charge in [0.2, 0.25) is 5.91 Å². The van der Waals surface area contributed by atoms with Crippen molar-refractivity contribution in [2.75, 3.05) is 19.8 Å². The molecule has 2 rings (SSSR count). The van der Waals surface area contributed by atoms with Gasteiger partial charge in [-0.1, -0.05) is 132 Å². The minimum Gasteiger partial charge on any atom is -0.394 e. The van der Waals surface area contributed by atoms with E-state index < -0.39 is 86.8 Å². The van der Waals surface area contributed by atoms with E-state index in [1.54, 1.807) is 0 Å². The van der Waals surface area contributed by atoms with Crippen molar-refractivity contribution in [3.8, 4) is 0 Å². The third-order valence-electron chi connectivity index (χ3n) is 11.0. The molecular weight excluding hydrogens is 787 g/mol. The lowest BCUT2D eigenvalue weighted by Gasteiger charge is -2.46. The summed E-state index contributed by atoms with van der Waals surface area (Å²) in [6, 6.07) is -0.838. The van der Waals surface area contributed by atoms with Gasteiger partial charge in [-0.3, -0.25) is 4.79 Å². The van der Waals surface area contributed by atoms with Gasteiger partial charge in [0.05, 0.1) is 32.0 Å². The maximum absolute atomic E-state index is 13.1. The molecule has 0 radical (unpaired) electrons. The number of aliphatic hydroxyl groups excluding tert-OH is 8. The number of hydrogen-bond donors (Lipinski definition) is 9. The van der Waals surface area contributed by atoms with Gasteiger partial charge >= 0.3 is 0 Å². The molecule has 2 fully saturated rings. The second-order valence-corrected chi connectivity index (χ2v) is 16.2. The van der Waals surface area contributed by atoms with Gasteiger partial charge in [0.15, 0.2) is 12.6 Å². The number of nitrogens with one attached hydrogen (secondary N) is 1. The fourth-order valence-electron chi connectivity index (χ4n) is 7.20. The van der Waals surface area contributed by atoms with E-state index in [2.05, 4.69) is 79.9 Å². The highest BCUT2D eigenvalue weighted by Crippen LogP contribution is 2.30. The van der Waals surface area contributed by atoms with Crippen molar-refractivity contribution in [2.24, 2.45) is 0 Å². The lowest BCUT2D eigenvalue weighted by Crippen LogP contribution is -2.65. The third kappa shape index (κ3) is 22.2. The SMILES string of the molecule is CC/C=C\C/C=C\C/C=C\C/C=C\C/C=C\CCCCCCCC(=O)NC(COC1OC(CO)C(OC2OC(CO)C(O)C(O)C2O)C(O)C1O)C(O)CCCCCCCC. The first kappa shape index (κ1) is 54.8. The molecule has 14 heteroatoms. The van der Waals surface area contributed by atoms with Crippen molar-refractivity contribution < 1.29 is 64.6 Å². The molecule has 14 nitrogen and oxygen atoms in total. The highest BCUT2D eigenvalue weighted by atomic mass is 16.7. The van der Waals surface area contributed by atoms with E-state index in [1.165, 1.54) is 0 Å². The van der Waals surface area contributed by atoms with Gasteiger partial charge in [-0.05, 0) is 57.8 Å². The third-order valence-corrected chi connectivity index (χ3v) is 11.0. The number of carbonyl (C=O) groups excluding carboxylic acids is 1. The van der Waals surface area contributed by atoms with E-state index in [0.717, 1.165) is 103 Å². The summed E-state index contributed by atoms with van der Waals surface area (Å²) < 4.78 is 22.6. The van der Waals surface area contributed by atoms with E-state index >= 15 is 0 Å². The van der Waals surface area contributed by atoms with E-state index in [1.807, 2.05) is 0 Å². The van der Waals surface area contributed by atoms with Crippen LogP contribution >= 0.6 is 0 Å². The number of carbonyl (C=O) groups is 1. The van der Waals surface area contributed by atoms with E-state index in [0.29, 0.717) is 12.8 Å². The van der Waals surface area contributed by atoms with Crippen LogP contribution in [0.3, 0.4) is 0 Å². The Labute approximate surface area is 365 Å². The maximum atomic E-state index is 13.1. The van der Waals surface area contributed by atoms with E-state index in [4.69, 9.17) is 18.9 Å². The van der Waals surface area contributed by atoms with Crippen molar-refractivity contribution >= 4 is 5.91 Å². The molecule has 0 bridgehead atoms. The van der Waals surface area contributed by atoms with Crippen LogP contribution in [-0.2, 0) is 23.7 Å². The maximum Gasteiger partial charge on any atom is 0.220 e. The molecule has 352 valence electrons.